The molecule has 2 fully saturated rings. The van der Waals surface area contributed by atoms with Gasteiger partial charge in [-0.2, -0.15) is 5.01 Å². The Kier molecular flexibility index (Phi) is 4.68. The van der Waals surface area contributed by atoms with Crippen LogP contribution in [0.5, 0.6) is 0 Å². The van der Waals surface area contributed by atoms with Crippen molar-refractivity contribution >= 4 is 40.9 Å². The molecule has 1 heterocycles. The Labute approximate surface area is 183 Å². The van der Waals surface area contributed by atoms with E-state index in [4.69, 9.17) is 23.2 Å². The van der Waals surface area contributed by atoms with Crippen molar-refractivity contribution < 1.29 is 14.4 Å². The minimum Gasteiger partial charge on any atom is -0.272 e. The van der Waals surface area contributed by atoms with E-state index >= 15 is 0 Å². The molecule has 1 saturated carbocycles. The summed E-state index contributed by atoms with van der Waals surface area (Å²) in [5.74, 6) is -1.76. The van der Waals surface area contributed by atoms with Crippen molar-refractivity contribution in [1.82, 2.24) is 10.0 Å². The number of amides is 3. The number of benzene rings is 2. The summed E-state index contributed by atoms with van der Waals surface area (Å²) in [4.78, 5) is 40.1. The first kappa shape index (κ1) is 19.3. The van der Waals surface area contributed by atoms with E-state index in [0.717, 1.165) is 17.0 Å². The fraction of sp³-hybridized carbons (Fsp3) is 0.261. The summed E-state index contributed by atoms with van der Waals surface area (Å²) in [5, 5.41) is 3.12. The van der Waals surface area contributed by atoms with Crippen LogP contribution >= 0.6 is 23.2 Å². The van der Waals surface area contributed by atoms with Crippen LogP contribution in [0, 0.1) is 23.7 Å². The Morgan fingerprint density at radius 2 is 1.53 bits per heavy atom. The maximum absolute atomic E-state index is 13.5. The van der Waals surface area contributed by atoms with Gasteiger partial charge in [0.1, 0.15) is 0 Å². The summed E-state index contributed by atoms with van der Waals surface area (Å²) in [6, 6.07) is 13.6. The Morgan fingerprint density at radius 1 is 0.933 bits per heavy atom. The van der Waals surface area contributed by atoms with E-state index in [-0.39, 0.29) is 52.6 Å². The first-order valence-electron chi connectivity index (χ1n) is 9.82. The third-order valence-electron chi connectivity index (χ3n) is 6.27. The number of rotatable bonds is 4. The van der Waals surface area contributed by atoms with Crippen molar-refractivity contribution in [2.45, 2.75) is 13.0 Å². The number of carbonyl (C=O) groups excluding carboxylic acids is 3. The lowest BCUT2D eigenvalue weighted by atomic mass is 9.85. The lowest BCUT2D eigenvalue weighted by Gasteiger charge is -2.31. The third kappa shape index (κ3) is 2.96. The minimum atomic E-state index is -0.488. The standard InChI is InChI=1S/C23H18Cl2N2O3/c24-16-9-5-13(6-10-16)12-26(21(28)17-3-1-2-4-18(17)25)27-22(29)19-14-7-8-15(11-14)20(19)23(27)30/h1-10,14-15,19-20H,11-12H2/t14-,15-,19-,20+/m0/s1. The van der Waals surface area contributed by atoms with Gasteiger partial charge in [-0.3, -0.25) is 14.4 Å². The molecule has 1 aliphatic heterocycles. The lowest BCUT2D eigenvalue weighted by molar-refractivity contribution is -0.156. The van der Waals surface area contributed by atoms with Crippen molar-refractivity contribution in [3.8, 4) is 0 Å². The highest BCUT2D eigenvalue weighted by Gasteiger charge is 2.61. The topological polar surface area (TPSA) is 57.7 Å². The SMILES string of the molecule is O=C(c1ccccc1Cl)N(Cc1ccc(Cl)cc1)N1C(=O)[C@@H]2[C@H](C1=O)[C@H]1C=C[C@H]2C1. The monoisotopic (exact) mass is 440 g/mol. The molecular formula is C23H18Cl2N2O3. The molecule has 3 aliphatic rings. The average molecular weight is 441 g/mol. The van der Waals surface area contributed by atoms with Crippen LogP contribution in [0.25, 0.3) is 0 Å². The van der Waals surface area contributed by atoms with Gasteiger partial charge in [0.05, 0.1) is 29.0 Å². The molecule has 2 aromatic carbocycles. The van der Waals surface area contributed by atoms with Crippen LogP contribution in [0.1, 0.15) is 22.3 Å². The number of halogens is 2. The number of allylic oxidation sites excluding steroid dienone is 2. The van der Waals surface area contributed by atoms with Gasteiger partial charge in [0, 0.05) is 5.02 Å². The molecule has 2 aromatic rings. The van der Waals surface area contributed by atoms with E-state index < -0.39 is 5.91 Å². The second-order valence-electron chi connectivity index (χ2n) is 7.96. The highest BCUT2D eigenvalue weighted by molar-refractivity contribution is 6.34. The van der Waals surface area contributed by atoms with Crippen molar-refractivity contribution in [2.75, 3.05) is 0 Å². The van der Waals surface area contributed by atoms with Gasteiger partial charge in [0.2, 0.25) is 0 Å². The van der Waals surface area contributed by atoms with E-state index in [0.29, 0.717) is 5.02 Å². The number of hydrazine groups is 1. The molecule has 0 N–H and O–H groups in total. The normalized spacial score (nSPS) is 26.4. The minimum absolute atomic E-state index is 0.0565. The summed E-state index contributed by atoms with van der Waals surface area (Å²) < 4.78 is 0. The van der Waals surface area contributed by atoms with E-state index in [1.165, 1.54) is 5.01 Å². The fourth-order valence-electron chi connectivity index (χ4n) is 4.89. The molecule has 30 heavy (non-hydrogen) atoms. The molecular weight excluding hydrogens is 423 g/mol. The summed E-state index contributed by atoms with van der Waals surface area (Å²) >= 11 is 12.2. The summed E-state index contributed by atoms with van der Waals surface area (Å²) in [7, 11) is 0. The zero-order chi connectivity index (χ0) is 21.0. The fourth-order valence-corrected chi connectivity index (χ4v) is 5.24. The zero-order valence-corrected chi connectivity index (χ0v) is 17.4. The molecule has 2 aliphatic carbocycles. The molecule has 5 nitrogen and oxygen atoms in total. The summed E-state index contributed by atoms with van der Waals surface area (Å²) in [5.41, 5.74) is 0.991. The van der Waals surface area contributed by atoms with Gasteiger partial charge < -0.3 is 0 Å². The molecule has 7 heteroatoms. The van der Waals surface area contributed by atoms with Crippen molar-refractivity contribution in [3.63, 3.8) is 0 Å². The Morgan fingerprint density at radius 3 is 2.13 bits per heavy atom. The highest BCUT2D eigenvalue weighted by Crippen LogP contribution is 2.53. The van der Waals surface area contributed by atoms with Gasteiger partial charge in [-0.15, -0.1) is 0 Å². The maximum atomic E-state index is 13.5. The second kappa shape index (κ2) is 7.25. The van der Waals surface area contributed by atoms with Gasteiger partial charge >= 0.3 is 0 Å². The highest BCUT2D eigenvalue weighted by atomic mass is 35.5. The molecule has 1 saturated heterocycles. The third-order valence-corrected chi connectivity index (χ3v) is 6.85. The number of carbonyl (C=O) groups is 3. The summed E-state index contributed by atoms with van der Waals surface area (Å²) in [6.45, 7) is 0.0565. The molecule has 5 rings (SSSR count). The first-order valence-corrected chi connectivity index (χ1v) is 10.6. The van der Waals surface area contributed by atoms with Crippen LogP contribution < -0.4 is 0 Å². The lowest BCUT2D eigenvalue weighted by Crippen LogP contribution is -2.50. The van der Waals surface area contributed by atoms with E-state index in [2.05, 4.69) is 0 Å². The predicted molar refractivity (Wildman–Crippen MR) is 112 cm³/mol. The number of hydrogen-bond acceptors (Lipinski definition) is 3. The number of fused-ring (bicyclic) bond motifs is 5. The van der Waals surface area contributed by atoms with Gasteiger partial charge in [-0.25, -0.2) is 5.01 Å². The molecule has 0 unspecified atom stereocenters. The number of imide groups is 1. The molecule has 2 bridgehead atoms. The van der Waals surface area contributed by atoms with Crippen LogP contribution in [0.2, 0.25) is 10.0 Å². The Hall–Kier alpha value is -2.63. The van der Waals surface area contributed by atoms with Gasteiger partial charge in [0.25, 0.3) is 17.7 Å². The van der Waals surface area contributed by atoms with Crippen LogP contribution in [-0.4, -0.2) is 27.7 Å². The number of hydrogen-bond donors (Lipinski definition) is 0. The van der Waals surface area contributed by atoms with Gasteiger partial charge in [-0.1, -0.05) is 59.6 Å². The van der Waals surface area contributed by atoms with E-state index in [1.807, 2.05) is 12.2 Å². The molecule has 4 atom stereocenters. The summed E-state index contributed by atoms with van der Waals surface area (Å²) in [6.07, 6.45) is 4.89. The van der Waals surface area contributed by atoms with Crippen LogP contribution in [0.3, 0.4) is 0 Å². The number of nitrogens with zero attached hydrogens (tertiary/aromatic N) is 2. The van der Waals surface area contributed by atoms with E-state index in [1.54, 1.807) is 48.5 Å². The van der Waals surface area contributed by atoms with E-state index in [9.17, 15) is 14.4 Å². The van der Waals surface area contributed by atoms with Gasteiger partial charge in [-0.05, 0) is 48.1 Å². The van der Waals surface area contributed by atoms with Gasteiger partial charge in [0.15, 0.2) is 0 Å². The average Bonchev–Trinajstić information content (AvgIpc) is 3.42. The molecule has 0 spiro atoms. The van der Waals surface area contributed by atoms with Crippen molar-refractivity contribution in [2.24, 2.45) is 23.7 Å². The van der Waals surface area contributed by atoms with Crippen molar-refractivity contribution in [1.29, 1.82) is 0 Å². The van der Waals surface area contributed by atoms with Crippen molar-refractivity contribution in [3.05, 3.63) is 81.9 Å². The van der Waals surface area contributed by atoms with Crippen LogP contribution in [-0.2, 0) is 16.1 Å². The second-order valence-corrected chi connectivity index (χ2v) is 8.80. The Balaban J connectivity index is 1.53. The van der Waals surface area contributed by atoms with Crippen LogP contribution in [0.4, 0.5) is 0 Å². The smallest absolute Gasteiger partial charge is 0.272 e. The molecule has 3 amide bonds. The Bertz CT molecular complexity index is 1050. The van der Waals surface area contributed by atoms with Crippen LogP contribution in [0.15, 0.2) is 60.7 Å². The first-order chi connectivity index (χ1) is 14.5. The largest absolute Gasteiger partial charge is 0.274 e. The maximum Gasteiger partial charge on any atom is 0.274 e. The molecule has 0 aromatic heterocycles. The predicted octanol–water partition coefficient (Wildman–Crippen LogP) is 4.36. The zero-order valence-electron chi connectivity index (χ0n) is 15.9. The quantitative estimate of drug-likeness (QED) is 0.524. The molecule has 152 valence electrons. The molecule has 0 radical (unpaired) electrons.